The maximum Gasteiger partial charge on any atom is 0.306 e. The van der Waals surface area contributed by atoms with E-state index in [1.165, 1.54) is 0 Å². The summed E-state index contributed by atoms with van der Waals surface area (Å²) in [7, 11) is 0. The summed E-state index contributed by atoms with van der Waals surface area (Å²) in [5.41, 5.74) is 0.659. The Labute approximate surface area is 90.6 Å². The minimum atomic E-state index is -0.387. The third-order valence-corrected chi connectivity index (χ3v) is 2.37. The lowest BCUT2D eigenvalue weighted by molar-refractivity contribution is -0.384. The molecule has 0 spiro atoms. The predicted molar refractivity (Wildman–Crippen MR) is 59.6 cm³/mol. The number of nitrogens with zero attached hydrogens (tertiary/aromatic N) is 1. The number of halogens is 1. The van der Waals surface area contributed by atoms with Gasteiger partial charge in [-0.3, -0.25) is 10.1 Å². The van der Waals surface area contributed by atoms with Crippen LogP contribution >= 0.6 is 15.9 Å². The van der Waals surface area contributed by atoms with E-state index >= 15 is 0 Å². The number of hydrogen-bond acceptors (Lipinski definition) is 3. The van der Waals surface area contributed by atoms with Crippen molar-refractivity contribution in [2.24, 2.45) is 0 Å². The van der Waals surface area contributed by atoms with Crippen LogP contribution in [0.1, 0.15) is 13.3 Å². The van der Waals surface area contributed by atoms with Gasteiger partial charge in [0.15, 0.2) is 0 Å². The molecule has 0 aliphatic heterocycles. The second-order valence-electron chi connectivity index (χ2n) is 2.82. The van der Waals surface area contributed by atoms with Crippen LogP contribution in [0.15, 0.2) is 22.7 Å². The summed E-state index contributed by atoms with van der Waals surface area (Å²) in [4.78, 5) is 10.4. The molecule has 0 amide bonds. The normalized spacial score (nSPS) is 9.86. The number of para-hydroxylation sites is 1. The minimum Gasteiger partial charge on any atom is -0.379 e. The Kier molecular flexibility index (Phi) is 3.88. The van der Waals surface area contributed by atoms with Gasteiger partial charge in [-0.15, -0.1) is 0 Å². The smallest absolute Gasteiger partial charge is 0.306 e. The average molecular weight is 259 g/mol. The first-order chi connectivity index (χ1) is 6.66. The largest absolute Gasteiger partial charge is 0.379 e. The van der Waals surface area contributed by atoms with E-state index in [4.69, 9.17) is 0 Å². The van der Waals surface area contributed by atoms with Crippen molar-refractivity contribution in [2.45, 2.75) is 13.3 Å². The Hall–Kier alpha value is -1.10. The van der Waals surface area contributed by atoms with Crippen molar-refractivity contribution in [3.8, 4) is 0 Å². The molecule has 0 aromatic heterocycles. The molecule has 4 nitrogen and oxygen atoms in total. The van der Waals surface area contributed by atoms with Crippen LogP contribution < -0.4 is 5.32 Å². The molecule has 76 valence electrons. The maximum absolute atomic E-state index is 10.7. The fraction of sp³-hybridized carbons (Fsp3) is 0.333. The second-order valence-corrected chi connectivity index (χ2v) is 3.67. The van der Waals surface area contributed by atoms with Crippen molar-refractivity contribution >= 4 is 27.3 Å². The molecule has 0 fully saturated rings. The molecule has 0 saturated heterocycles. The minimum absolute atomic E-state index is 0.0981. The van der Waals surface area contributed by atoms with Crippen molar-refractivity contribution in [3.63, 3.8) is 0 Å². The number of anilines is 1. The first kappa shape index (κ1) is 11.0. The van der Waals surface area contributed by atoms with E-state index in [2.05, 4.69) is 21.2 Å². The molecule has 0 radical (unpaired) electrons. The van der Waals surface area contributed by atoms with Crippen LogP contribution in [0, 0.1) is 10.1 Å². The van der Waals surface area contributed by atoms with Gasteiger partial charge in [0.1, 0.15) is 5.69 Å². The van der Waals surface area contributed by atoms with Gasteiger partial charge in [-0.25, -0.2) is 0 Å². The third-order valence-electron chi connectivity index (χ3n) is 1.73. The van der Waals surface area contributed by atoms with E-state index in [0.717, 1.165) is 13.0 Å². The molecule has 1 aromatic rings. The number of hydrogen-bond donors (Lipinski definition) is 1. The summed E-state index contributed by atoms with van der Waals surface area (Å²) >= 11 is 3.16. The SMILES string of the molecule is CCCNc1cccc(Br)c1[N+](=O)[O-]. The number of rotatable bonds is 4. The molecule has 0 atom stereocenters. The van der Waals surface area contributed by atoms with Crippen molar-refractivity contribution in [3.05, 3.63) is 32.8 Å². The van der Waals surface area contributed by atoms with Crippen LogP contribution in [0.25, 0.3) is 0 Å². The maximum atomic E-state index is 10.7. The van der Waals surface area contributed by atoms with Crippen LogP contribution in [-0.2, 0) is 0 Å². The summed E-state index contributed by atoms with van der Waals surface area (Å²) in [6.45, 7) is 2.74. The van der Waals surface area contributed by atoms with E-state index in [1.807, 2.05) is 6.92 Å². The van der Waals surface area contributed by atoms with E-state index < -0.39 is 0 Å². The highest BCUT2D eigenvalue weighted by atomic mass is 79.9. The monoisotopic (exact) mass is 258 g/mol. The predicted octanol–water partition coefficient (Wildman–Crippen LogP) is 3.18. The van der Waals surface area contributed by atoms with Gasteiger partial charge >= 0.3 is 5.69 Å². The van der Waals surface area contributed by atoms with Crippen LogP contribution in [0.3, 0.4) is 0 Å². The summed E-state index contributed by atoms with van der Waals surface area (Å²) in [6.07, 6.45) is 0.934. The van der Waals surface area contributed by atoms with E-state index in [-0.39, 0.29) is 10.6 Å². The Balaban J connectivity index is 3.02. The molecule has 0 unspecified atom stereocenters. The number of benzene rings is 1. The van der Waals surface area contributed by atoms with Gasteiger partial charge in [-0.05, 0) is 34.5 Å². The van der Waals surface area contributed by atoms with Crippen molar-refractivity contribution in [2.75, 3.05) is 11.9 Å². The number of nitro benzene ring substituents is 1. The van der Waals surface area contributed by atoms with Crippen molar-refractivity contribution < 1.29 is 4.92 Å². The van der Waals surface area contributed by atoms with Crippen LogP contribution in [0.4, 0.5) is 11.4 Å². The lowest BCUT2D eigenvalue weighted by atomic mass is 10.2. The molecule has 0 heterocycles. The van der Waals surface area contributed by atoms with E-state index in [0.29, 0.717) is 10.2 Å². The lowest BCUT2D eigenvalue weighted by Gasteiger charge is -2.05. The van der Waals surface area contributed by atoms with Gasteiger partial charge < -0.3 is 5.32 Å². The number of nitrogens with one attached hydrogen (secondary N) is 1. The highest BCUT2D eigenvalue weighted by molar-refractivity contribution is 9.10. The highest BCUT2D eigenvalue weighted by Gasteiger charge is 2.16. The zero-order chi connectivity index (χ0) is 10.6. The number of nitro groups is 1. The molecular formula is C9H11BrN2O2. The second kappa shape index (κ2) is 4.95. The summed E-state index contributed by atoms with van der Waals surface area (Å²) in [5, 5.41) is 13.8. The van der Waals surface area contributed by atoms with Crippen LogP contribution in [-0.4, -0.2) is 11.5 Å². The topological polar surface area (TPSA) is 55.2 Å². The Bertz CT molecular complexity index is 342. The zero-order valence-electron chi connectivity index (χ0n) is 7.79. The molecule has 14 heavy (non-hydrogen) atoms. The summed E-state index contributed by atoms with van der Waals surface area (Å²) in [6, 6.07) is 5.14. The third kappa shape index (κ3) is 2.45. The molecular weight excluding hydrogens is 248 g/mol. The fourth-order valence-corrected chi connectivity index (χ4v) is 1.61. The first-order valence-electron chi connectivity index (χ1n) is 4.33. The molecule has 0 aliphatic carbocycles. The van der Waals surface area contributed by atoms with Gasteiger partial charge in [-0.1, -0.05) is 13.0 Å². The summed E-state index contributed by atoms with van der Waals surface area (Å²) < 4.78 is 0.503. The molecule has 0 bridgehead atoms. The van der Waals surface area contributed by atoms with Crippen molar-refractivity contribution in [1.29, 1.82) is 0 Å². The fourth-order valence-electron chi connectivity index (χ4n) is 1.10. The highest BCUT2D eigenvalue weighted by Crippen LogP contribution is 2.32. The molecule has 1 rings (SSSR count). The quantitative estimate of drug-likeness (QED) is 0.667. The van der Waals surface area contributed by atoms with Crippen LogP contribution in [0.2, 0.25) is 0 Å². The molecule has 1 N–H and O–H groups in total. The van der Waals surface area contributed by atoms with Crippen molar-refractivity contribution in [1.82, 2.24) is 0 Å². The summed E-state index contributed by atoms with van der Waals surface area (Å²) in [5.74, 6) is 0. The van der Waals surface area contributed by atoms with Gasteiger partial charge in [0, 0.05) is 6.54 Å². The average Bonchev–Trinajstić information content (AvgIpc) is 2.14. The molecule has 0 saturated carbocycles. The van der Waals surface area contributed by atoms with Gasteiger partial charge in [0.05, 0.1) is 9.40 Å². The molecule has 0 aliphatic rings. The van der Waals surface area contributed by atoms with Crippen LogP contribution in [0.5, 0.6) is 0 Å². The first-order valence-corrected chi connectivity index (χ1v) is 5.13. The Morgan fingerprint density at radius 3 is 2.86 bits per heavy atom. The zero-order valence-corrected chi connectivity index (χ0v) is 9.37. The molecule has 1 aromatic carbocycles. The Morgan fingerprint density at radius 2 is 2.29 bits per heavy atom. The van der Waals surface area contributed by atoms with E-state index in [9.17, 15) is 10.1 Å². The molecule has 5 heteroatoms. The standard InChI is InChI=1S/C9H11BrN2O2/c1-2-6-11-8-5-3-4-7(10)9(8)12(13)14/h3-5,11H,2,6H2,1H3. The van der Waals surface area contributed by atoms with E-state index in [1.54, 1.807) is 18.2 Å². The van der Waals surface area contributed by atoms with Gasteiger partial charge in [-0.2, -0.15) is 0 Å². The van der Waals surface area contributed by atoms with Gasteiger partial charge in [0.25, 0.3) is 0 Å². The van der Waals surface area contributed by atoms with Gasteiger partial charge in [0.2, 0.25) is 0 Å². The lowest BCUT2D eigenvalue weighted by Crippen LogP contribution is -2.03. The Morgan fingerprint density at radius 1 is 1.57 bits per heavy atom.